The van der Waals surface area contributed by atoms with Crippen molar-refractivity contribution in [3.63, 3.8) is 0 Å². The molecule has 17 heavy (non-hydrogen) atoms. The summed E-state index contributed by atoms with van der Waals surface area (Å²) >= 11 is 0. The summed E-state index contributed by atoms with van der Waals surface area (Å²) in [7, 11) is 0. The number of halogens is 1. The van der Waals surface area contributed by atoms with Gasteiger partial charge in [-0.15, -0.1) is 0 Å². The van der Waals surface area contributed by atoms with Gasteiger partial charge in [-0.05, 0) is 30.7 Å². The van der Waals surface area contributed by atoms with Crippen molar-refractivity contribution in [3.05, 3.63) is 42.0 Å². The lowest BCUT2D eigenvalue weighted by molar-refractivity contribution is 0.627. The molecule has 0 aliphatic carbocycles. The Morgan fingerprint density at radius 3 is 2.65 bits per heavy atom. The number of hydrazine groups is 1. The first-order valence-corrected chi connectivity index (χ1v) is 5.01. The molecule has 1 heterocycles. The van der Waals surface area contributed by atoms with Gasteiger partial charge in [0, 0.05) is 11.8 Å². The van der Waals surface area contributed by atoms with Crippen LogP contribution in [0, 0.1) is 12.7 Å². The zero-order valence-electron chi connectivity index (χ0n) is 9.24. The van der Waals surface area contributed by atoms with Crippen molar-refractivity contribution >= 4 is 17.3 Å². The van der Waals surface area contributed by atoms with Crippen molar-refractivity contribution < 1.29 is 4.39 Å². The van der Waals surface area contributed by atoms with Gasteiger partial charge in [0.05, 0.1) is 0 Å². The Bertz CT molecular complexity index is 529. The Balaban J connectivity index is 2.25. The fourth-order valence-electron chi connectivity index (χ4n) is 1.41. The van der Waals surface area contributed by atoms with E-state index < -0.39 is 0 Å². The molecule has 0 spiro atoms. The van der Waals surface area contributed by atoms with E-state index in [0.29, 0.717) is 11.6 Å². The van der Waals surface area contributed by atoms with Crippen molar-refractivity contribution in [2.75, 3.05) is 10.7 Å². The summed E-state index contributed by atoms with van der Waals surface area (Å²) in [5, 5.41) is 3.06. The molecule has 0 aliphatic rings. The fraction of sp³-hybridized carbons (Fsp3) is 0.0909. The van der Waals surface area contributed by atoms with Crippen molar-refractivity contribution in [2.24, 2.45) is 5.84 Å². The van der Waals surface area contributed by atoms with Gasteiger partial charge in [0.15, 0.2) is 0 Å². The van der Waals surface area contributed by atoms with E-state index in [4.69, 9.17) is 5.84 Å². The molecule has 2 aromatic rings. The van der Waals surface area contributed by atoms with E-state index in [1.807, 2.05) is 6.92 Å². The van der Waals surface area contributed by atoms with E-state index in [2.05, 4.69) is 20.7 Å². The molecule has 0 amide bonds. The summed E-state index contributed by atoms with van der Waals surface area (Å²) in [5.41, 5.74) is 4.01. The summed E-state index contributed by atoms with van der Waals surface area (Å²) in [6.45, 7) is 1.81. The Morgan fingerprint density at radius 2 is 1.94 bits per heavy atom. The number of benzene rings is 1. The predicted octanol–water partition coefficient (Wildman–Crippen LogP) is 1.95. The summed E-state index contributed by atoms with van der Waals surface area (Å²) in [4.78, 5) is 7.92. The summed E-state index contributed by atoms with van der Waals surface area (Å²) in [6.07, 6.45) is 1.39. The summed E-state index contributed by atoms with van der Waals surface area (Å²) in [5.74, 6) is 6.07. The maximum Gasteiger partial charge on any atom is 0.145 e. The van der Waals surface area contributed by atoms with Crippen LogP contribution < -0.4 is 16.6 Å². The van der Waals surface area contributed by atoms with E-state index in [0.717, 1.165) is 11.3 Å². The lowest BCUT2D eigenvalue weighted by Gasteiger charge is -2.09. The zero-order valence-corrected chi connectivity index (χ0v) is 9.24. The maximum atomic E-state index is 12.9. The highest BCUT2D eigenvalue weighted by molar-refractivity contribution is 5.61. The monoisotopic (exact) mass is 233 g/mol. The number of hydrogen-bond donors (Lipinski definition) is 3. The first-order valence-electron chi connectivity index (χ1n) is 5.01. The van der Waals surface area contributed by atoms with E-state index in [-0.39, 0.29) is 5.82 Å². The number of aryl methyl sites for hydroxylation is 1. The van der Waals surface area contributed by atoms with Gasteiger partial charge in [0.2, 0.25) is 0 Å². The highest BCUT2D eigenvalue weighted by atomic mass is 19.1. The van der Waals surface area contributed by atoms with Gasteiger partial charge in [0.1, 0.15) is 23.8 Å². The van der Waals surface area contributed by atoms with Crippen LogP contribution in [0.3, 0.4) is 0 Å². The first kappa shape index (κ1) is 11.3. The van der Waals surface area contributed by atoms with Gasteiger partial charge in [-0.2, -0.15) is 0 Å². The number of rotatable bonds is 3. The van der Waals surface area contributed by atoms with E-state index in [1.165, 1.54) is 18.5 Å². The van der Waals surface area contributed by atoms with Crippen LogP contribution in [0.4, 0.5) is 21.7 Å². The van der Waals surface area contributed by atoms with Gasteiger partial charge in [0.25, 0.3) is 0 Å². The summed E-state index contributed by atoms with van der Waals surface area (Å²) in [6, 6.07) is 6.15. The molecule has 0 radical (unpaired) electrons. The normalized spacial score (nSPS) is 10.1. The number of anilines is 3. The number of nitrogens with one attached hydrogen (secondary N) is 2. The molecule has 6 heteroatoms. The third-order valence-corrected chi connectivity index (χ3v) is 2.27. The lowest BCUT2D eigenvalue weighted by atomic mass is 10.2. The van der Waals surface area contributed by atoms with Gasteiger partial charge >= 0.3 is 0 Å². The second-order valence-electron chi connectivity index (χ2n) is 3.52. The molecular formula is C11H12FN5. The third kappa shape index (κ3) is 2.67. The molecule has 0 unspecified atom stereocenters. The van der Waals surface area contributed by atoms with Gasteiger partial charge in [-0.3, -0.25) is 0 Å². The highest BCUT2D eigenvalue weighted by Crippen LogP contribution is 2.20. The molecule has 0 fully saturated rings. The molecule has 0 aliphatic heterocycles. The van der Waals surface area contributed by atoms with Crippen LogP contribution in [0.2, 0.25) is 0 Å². The second kappa shape index (κ2) is 4.75. The van der Waals surface area contributed by atoms with E-state index in [1.54, 1.807) is 12.1 Å². The SMILES string of the molecule is Cc1cc(F)ccc1Nc1cc(NN)ncn1. The van der Waals surface area contributed by atoms with Crippen molar-refractivity contribution in [2.45, 2.75) is 6.92 Å². The smallest absolute Gasteiger partial charge is 0.145 e. The molecule has 0 saturated heterocycles. The summed E-state index contributed by atoms with van der Waals surface area (Å²) < 4.78 is 12.9. The minimum atomic E-state index is -0.264. The van der Waals surface area contributed by atoms with Crippen LogP contribution in [-0.2, 0) is 0 Å². The van der Waals surface area contributed by atoms with Crippen LogP contribution in [0.15, 0.2) is 30.6 Å². The van der Waals surface area contributed by atoms with Crippen LogP contribution in [-0.4, -0.2) is 9.97 Å². The Labute approximate surface area is 97.9 Å². The predicted molar refractivity (Wildman–Crippen MR) is 64.3 cm³/mol. The standard InChI is InChI=1S/C11H12FN5/c1-7-4-8(12)2-3-9(7)16-10-5-11(17-13)15-6-14-10/h2-6H,13H2,1H3,(H2,14,15,16,17). The average molecular weight is 233 g/mol. The van der Waals surface area contributed by atoms with Crippen molar-refractivity contribution in [3.8, 4) is 0 Å². The van der Waals surface area contributed by atoms with Gasteiger partial charge in [-0.1, -0.05) is 0 Å². The molecule has 4 N–H and O–H groups in total. The second-order valence-corrected chi connectivity index (χ2v) is 3.52. The van der Waals surface area contributed by atoms with Crippen LogP contribution in [0.5, 0.6) is 0 Å². The number of nitrogens with zero attached hydrogens (tertiary/aromatic N) is 2. The molecule has 1 aromatic carbocycles. The molecule has 0 saturated carbocycles. The minimum Gasteiger partial charge on any atom is -0.340 e. The largest absolute Gasteiger partial charge is 0.340 e. The number of nitrogen functional groups attached to an aromatic ring is 1. The van der Waals surface area contributed by atoms with Gasteiger partial charge in [-0.25, -0.2) is 20.2 Å². The highest BCUT2D eigenvalue weighted by Gasteiger charge is 2.02. The molecule has 5 nitrogen and oxygen atoms in total. The molecule has 0 bridgehead atoms. The zero-order chi connectivity index (χ0) is 12.3. The number of aromatic nitrogens is 2. The quantitative estimate of drug-likeness (QED) is 0.558. The molecule has 0 atom stereocenters. The maximum absolute atomic E-state index is 12.9. The Morgan fingerprint density at radius 1 is 1.18 bits per heavy atom. The third-order valence-electron chi connectivity index (χ3n) is 2.27. The molecule has 88 valence electrons. The molecule has 1 aromatic heterocycles. The molecular weight excluding hydrogens is 221 g/mol. The van der Waals surface area contributed by atoms with Crippen molar-refractivity contribution in [1.29, 1.82) is 0 Å². The molecule has 2 rings (SSSR count). The number of nitrogens with two attached hydrogens (primary N) is 1. The Kier molecular flexibility index (Phi) is 3.15. The number of hydrogen-bond acceptors (Lipinski definition) is 5. The lowest BCUT2D eigenvalue weighted by Crippen LogP contribution is -2.09. The average Bonchev–Trinajstić information content (AvgIpc) is 2.33. The minimum absolute atomic E-state index is 0.264. The van der Waals surface area contributed by atoms with Crippen LogP contribution in [0.25, 0.3) is 0 Å². The van der Waals surface area contributed by atoms with Crippen molar-refractivity contribution in [1.82, 2.24) is 9.97 Å². The fourth-order valence-corrected chi connectivity index (χ4v) is 1.41. The first-order chi connectivity index (χ1) is 8.19. The van der Waals surface area contributed by atoms with Crippen LogP contribution >= 0.6 is 0 Å². The van der Waals surface area contributed by atoms with E-state index >= 15 is 0 Å². The van der Waals surface area contributed by atoms with Gasteiger partial charge < -0.3 is 10.7 Å². The van der Waals surface area contributed by atoms with Crippen LogP contribution in [0.1, 0.15) is 5.56 Å². The topological polar surface area (TPSA) is 75.9 Å². The Hall–Kier alpha value is -2.21. The van der Waals surface area contributed by atoms with E-state index in [9.17, 15) is 4.39 Å².